The zero-order valence-electron chi connectivity index (χ0n) is 8.71. The van der Waals surface area contributed by atoms with Gasteiger partial charge in [-0.2, -0.15) is 0 Å². The van der Waals surface area contributed by atoms with Gasteiger partial charge in [0.15, 0.2) is 16.8 Å². The molecule has 0 bridgehead atoms. The van der Waals surface area contributed by atoms with Crippen LogP contribution in [0.2, 0.25) is 10.3 Å². The van der Waals surface area contributed by atoms with E-state index in [9.17, 15) is 14.0 Å². The number of nitrogens with zero attached hydrogens (tertiary/aromatic N) is 1. The second-order valence-electron chi connectivity index (χ2n) is 3.26. The summed E-state index contributed by atoms with van der Waals surface area (Å²) >= 11 is 11.0. The summed E-state index contributed by atoms with van der Waals surface area (Å²) in [6.45, 7) is 1.53. The lowest BCUT2D eigenvalue weighted by Crippen LogP contribution is -2.23. The van der Waals surface area contributed by atoms with Crippen LogP contribution in [-0.2, 0) is 4.79 Å². The lowest BCUT2D eigenvalue weighted by Gasteiger charge is -2.09. The number of Topliss-reactive ketones (excluding diaryl/α,β-unsaturated/α-hetero) is 1. The zero-order chi connectivity index (χ0) is 13.2. The van der Waals surface area contributed by atoms with Crippen LogP contribution in [0.4, 0.5) is 4.39 Å². The molecule has 1 heterocycles. The van der Waals surface area contributed by atoms with E-state index in [0.29, 0.717) is 0 Å². The Morgan fingerprint density at radius 3 is 2.53 bits per heavy atom. The molecule has 1 N–H and O–H groups in total. The van der Waals surface area contributed by atoms with Gasteiger partial charge in [-0.05, 0) is 12.5 Å². The highest BCUT2D eigenvalue weighted by molar-refractivity contribution is 6.35. The first-order chi connectivity index (χ1) is 7.88. The van der Waals surface area contributed by atoms with Gasteiger partial charge in [-0.25, -0.2) is 9.37 Å². The van der Waals surface area contributed by atoms with Crippen molar-refractivity contribution in [1.82, 2.24) is 4.98 Å². The second-order valence-corrected chi connectivity index (χ2v) is 3.98. The molecule has 0 radical (unpaired) electrons. The minimum atomic E-state index is -1.29. The first-order valence-corrected chi connectivity index (χ1v) is 5.42. The molecule has 0 aromatic carbocycles. The van der Waals surface area contributed by atoms with Gasteiger partial charge in [0.1, 0.15) is 11.1 Å². The maximum absolute atomic E-state index is 13.1. The average Bonchev–Trinajstić information content (AvgIpc) is 2.23. The zero-order valence-corrected chi connectivity index (χ0v) is 10.2. The minimum Gasteiger partial charge on any atom is -0.481 e. The van der Waals surface area contributed by atoms with Gasteiger partial charge in [-0.15, -0.1) is 0 Å². The molecule has 0 saturated carbocycles. The molecule has 92 valence electrons. The van der Waals surface area contributed by atoms with Crippen molar-refractivity contribution in [3.05, 3.63) is 27.8 Å². The van der Waals surface area contributed by atoms with E-state index in [1.54, 1.807) is 0 Å². The van der Waals surface area contributed by atoms with Gasteiger partial charge in [0.2, 0.25) is 0 Å². The smallest absolute Gasteiger partial charge is 0.314 e. The molecular weight excluding hydrogens is 272 g/mol. The van der Waals surface area contributed by atoms with Crippen LogP contribution < -0.4 is 0 Å². The number of pyridine rings is 1. The molecule has 17 heavy (non-hydrogen) atoms. The number of aliphatic carboxylic acids is 1. The second kappa shape index (κ2) is 5.42. The van der Waals surface area contributed by atoms with Crippen LogP contribution in [0.5, 0.6) is 0 Å². The predicted molar refractivity (Wildman–Crippen MR) is 60.0 cm³/mol. The molecule has 7 heteroatoms. The molecule has 1 rings (SSSR count). The van der Waals surface area contributed by atoms with Crippen LogP contribution in [0, 0.1) is 11.7 Å². The molecule has 0 aliphatic rings. The van der Waals surface area contributed by atoms with Crippen LogP contribution in [0.15, 0.2) is 6.07 Å². The summed E-state index contributed by atoms with van der Waals surface area (Å²) in [4.78, 5) is 26.0. The number of aromatic nitrogens is 1. The Balaban J connectivity index is 3.20. The van der Waals surface area contributed by atoms with E-state index >= 15 is 0 Å². The van der Waals surface area contributed by atoms with Crippen molar-refractivity contribution in [2.75, 3.05) is 0 Å². The molecule has 4 nitrogen and oxygen atoms in total. The lowest BCUT2D eigenvalue weighted by atomic mass is 9.96. The topological polar surface area (TPSA) is 67.3 Å². The highest BCUT2D eigenvalue weighted by Crippen LogP contribution is 2.23. The molecule has 0 unspecified atom stereocenters. The summed E-state index contributed by atoms with van der Waals surface area (Å²) in [5.74, 6) is -4.26. The van der Waals surface area contributed by atoms with Crippen LogP contribution >= 0.6 is 23.2 Å². The van der Waals surface area contributed by atoms with Crippen molar-refractivity contribution in [3.8, 4) is 0 Å². The Morgan fingerprint density at radius 1 is 1.47 bits per heavy atom. The fraction of sp³-hybridized carbons (Fsp3) is 0.300. The number of halogens is 3. The Kier molecular flexibility index (Phi) is 4.42. The Morgan fingerprint density at radius 2 is 2.06 bits per heavy atom. The largest absolute Gasteiger partial charge is 0.481 e. The molecule has 0 amide bonds. The monoisotopic (exact) mass is 279 g/mol. The Labute approximate surface area is 106 Å². The summed E-state index contributed by atoms with van der Waals surface area (Å²) in [7, 11) is 0. The quantitative estimate of drug-likeness (QED) is 0.523. The number of carbonyl (C=O) groups excluding carboxylic acids is 1. The van der Waals surface area contributed by atoms with E-state index in [2.05, 4.69) is 4.98 Å². The van der Waals surface area contributed by atoms with Crippen LogP contribution in [0.3, 0.4) is 0 Å². The number of hydrogen-bond acceptors (Lipinski definition) is 3. The average molecular weight is 280 g/mol. The number of carbonyl (C=O) groups is 2. The normalized spacial score (nSPS) is 12.2. The van der Waals surface area contributed by atoms with Crippen molar-refractivity contribution in [2.24, 2.45) is 5.92 Å². The van der Waals surface area contributed by atoms with Crippen molar-refractivity contribution >= 4 is 35.0 Å². The van der Waals surface area contributed by atoms with Crippen LogP contribution in [-0.4, -0.2) is 21.8 Å². The summed E-state index contributed by atoms with van der Waals surface area (Å²) in [6, 6.07) is 0.797. The summed E-state index contributed by atoms with van der Waals surface area (Å²) in [5, 5.41) is 8.05. The molecule has 1 aromatic heterocycles. The van der Waals surface area contributed by atoms with E-state index in [4.69, 9.17) is 28.3 Å². The lowest BCUT2D eigenvalue weighted by molar-refractivity contribution is -0.140. The van der Waals surface area contributed by atoms with Gasteiger partial charge >= 0.3 is 5.97 Å². The fourth-order valence-corrected chi connectivity index (χ4v) is 1.69. The predicted octanol–water partition coefficient (Wildman–Crippen LogP) is 2.82. The van der Waals surface area contributed by atoms with Gasteiger partial charge in [0.05, 0.1) is 5.56 Å². The molecular formula is C10H8Cl2FNO3. The molecule has 0 saturated heterocycles. The maximum atomic E-state index is 13.1. The number of hydrogen-bond donors (Lipinski definition) is 1. The van der Waals surface area contributed by atoms with Gasteiger partial charge < -0.3 is 5.11 Å². The highest BCUT2D eigenvalue weighted by Gasteiger charge is 2.28. The third-order valence-electron chi connectivity index (χ3n) is 2.17. The van der Waals surface area contributed by atoms with Crippen LogP contribution in [0.1, 0.15) is 23.7 Å². The highest BCUT2D eigenvalue weighted by atomic mass is 35.5. The van der Waals surface area contributed by atoms with Crippen molar-refractivity contribution < 1.29 is 19.1 Å². The number of rotatable bonds is 4. The van der Waals surface area contributed by atoms with E-state index in [1.165, 1.54) is 6.92 Å². The minimum absolute atomic E-state index is 0.0781. The van der Waals surface area contributed by atoms with Crippen molar-refractivity contribution in [1.29, 1.82) is 0 Å². The van der Waals surface area contributed by atoms with Gasteiger partial charge in [0.25, 0.3) is 0 Å². The standard InChI is InChI=1S/C10H8Cl2FNO3/c1-2-4(10(16)17)7(15)5-3-6(13)9(12)14-8(5)11/h3-4H,2H2,1H3,(H,16,17)/t4-/m1/s1. The van der Waals surface area contributed by atoms with Gasteiger partial charge in [-0.3, -0.25) is 9.59 Å². The number of ketones is 1. The van der Waals surface area contributed by atoms with Crippen molar-refractivity contribution in [3.63, 3.8) is 0 Å². The maximum Gasteiger partial charge on any atom is 0.314 e. The SMILES string of the molecule is CC[C@@H](C(=O)O)C(=O)c1cc(F)c(Cl)nc1Cl. The molecule has 0 aliphatic heterocycles. The summed E-state index contributed by atoms with van der Waals surface area (Å²) < 4.78 is 13.1. The summed E-state index contributed by atoms with van der Waals surface area (Å²) in [5.41, 5.74) is -0.275. The molecule has 0 fully saturated rings. The first-order valence-electron chi connectivity index (χ1n) is 4.67. The molecule has 0 aliphatic carbocycles. The van der Waals surface area contributed by atoms with E-state index in [1.807, 2.05) is 0 Å². The molecule has 1 aromatic rings. The van der Waals surface area contributed by atoms with Gasteiger partial charge in [-0.1, -0.05) is 30.1 Å². The third-order valence-corrected chi connectivity index (χ3v) is 2.73. The number of carboxylic acid groups (broad SMARTS) is 1. The molecule has 0 spiro atoms. The van der Waals surface area contributed by atoms with E-state index in [-0.39, 0.29) is 17.1 Å². The Bertz CT molecular complexity index is 479. The Hall–Kier alpha value is -1.20. The van der Waals surface area contributed by atoms with E-state index < -0.39 is 28.6 Å². The first kappa shape index (κ1) is 13.9. The summed E-state index contributed by atoms with van der Waals surface area (Å²) in [6.07, 6.45) is 0.0781. The third kappa shape index (κ3) is 2.92. The molecule has 1 atom stereocenters. The van der Waals surface area contributed by atoms with Crippen LogP contribution in [0.25, 0.3) is 0 Å². The van der Waals surface area contributed by atoms with Crippen molar-refractivity contribution in [2.45, 2.75) is 13.3 Å². The fourth-order valence-electron chi connectivity index (χ4n) is 1.28. The van der Waals surface area contributed by atoms with Gasteiger partial charge in [0, 0.05) is 0 Å². The number of carboxylic acids is 1. The van der Waals surface area contributed by atoms with E-state index in [0.717, 1.165) is 6.07 Å².